The maximum atomic E-state index is 12.8. The normalized spacial score (nSPS) is 19.6. The van der Waals surface area contributed by atoms with Crippen LogP contribution in [0.5, 0.6) is 0 Å². The number of hydrogen-bond donors (Lipinski definition) is 1. The van der Waals surface area contributed by atoms with Gasteiger partial charge in [0.15, 0.2) is 0 Å². The van der Waals surface area contributed by atoms with E-state index in [4.69, 9.17) is 0 Å². The minimum Gasteiger partial charge on any atom is -0.315 e. The third-order valence-corrected chi connectivity index (χ3v) is 9.26. The zero-order chi connectivity index (χ0) is 23.4. The molecule has 1 fully saturated rings. The summed E-state index contributed by atoms with van der Waals surface area (Å²) in [4.78, 5) is 16.4. The molecule has 2 heterocycles. The van der Waals surface area contributed by atoms with E-state index in [0.717, 1.165) is 63.0 Å². The molecule has 1 N–H and O–H groups in total. The van der Waals surface area contributed by atoms with Crippen molar-refractivity contribution in [2.45, 2.75) is 65.7 Å². The fourth-order valence-electron chi connectivity index (χ4n) is 5.41. The molecule has 4 nitrogen and oxygen atoms in total. The Kier molecular flexibility index (Phi) is 7.56. The van der Waals surface area contributed by atoms with Gasteiger partial charge in [0, 0.05) is 4.88 Å². The van der Waals surface area contributed by atoms with Crippen molar-refractivity contribution in [3.8, 4) is 6.07 Å². The second kappa shape index (κ2) is 10.4. The van der Waals surface area contributed by atoms with E-state index in [1.807, 2.05) is 0 Å². The average molecular weight is 464 g/mol. The van der Waals surface area contributed by atoms with Crippen LogP contribution in [0.3, 0.4) is 0 Å². The molecule has 1 atom stereocenters. The number of benzene rings is 1. The van der Waals surface area contributed by atoms with E-state index < -0.39 is 0 Å². The Bertz CT molecular complexity index is 996. The lowest BCUT2D eigenvalue weighted by Gasteiger charge is -2.36. The van der Waals surface area contributed by atoms with Crippen LogP contribution in [0.15, 0.2) is 30.3 Å². The maximum absolute atomic E-state index is 12.8. The summed E-state index contributed by atoms with van der Waals surface area (Å²) in [6, 6.07) is 13.1. The van der Waals surface area contributed by atoms with Crippen LogP contribution < -0.4 is 5.32 Å². The Morgan fingerprint density at radius 2 is 1.94 bits per heavy atom. The highest BCUT2D eigenvalue weighted by molar-refractivity contribution is 7.16. The van der Waals surface area contributed by atoms with Crippen molar-refractivity contribution >= 4 is 22.2 Å². The van der Waals surface area contributed by atoms with Crippen molar-refractivity contribution in [1.29, 1.82) is 5.26 Å². The Labute approximate surface area is 203 Å². The molecule has 2 aromatic rings. The van der Waals surface area contributed by atoms with Crippen LogP contribution in [0.25, 0.3) is 0 Å². The molecule has 4 rings (SSSR count). The highest BCUT2D eigenvalue weighted by Gasteiger charge is 2.34. The first-order chi connectivity index (χ1) is 15.9. The van der Waals surface area contributed by atoms with Gasteiger partial charge in [-0.25, -0.2) is 0 Å². The number of hydrogen-bond acceptors (Lipinski definition) is 4. The van der Waals surface area contributed by atoms with E-state index in [1.165, 1.54) is 16.0 Å². The number of rotatable bonds is 7. The third kappa shape index (κ3) is 5.67. The largest absolute Gasteiger partial charge is 0.315 e. The average Bonchev–Trinajstić information content (AvgIpc) is 3.17. The molecule has 1 aliphatic heterocycles. The minimum absolute atomic E-state index is 0.0112. The standard InChI is InChI=1S/C28H37N3OS/c1-4-28(2,3)22-10-11-23-24(18-29)27(33-25(23)17-22)30-26(32)19-31-14-12-21(13-15-31)16-20-8-6-5-7-9-20/h5-9,21-22H,4,10-17,19H2,1-3H3,(H,30,32). The van der Waals surface area contributed by atoms with Crippen molar-refractivity contribution in [2.24, 2.45) is 17.3 Å². The van der Waals surface area contributed by atoms with Gasteiger partial charge in [0.1, 0.15) is 11.1 Å². The summed E-state index contributed by atoms with van der Waals surface area (Å²) in [6.45, 7) is 9.31. The van der Waals surface area contributed by atoms with Crippen LogP contribution in [0.4, 0.5) is 5.00 Å². The second-order valence-electron chi connectivity index (χ2n) is 10.6. The van der Waals surface area contributed by atoms with Crippen LogP contribution in [-0.2, 0) is 24.1 Å². The number of piperidine rings is 1. The molecule has 1 aliphatic carbocycles. The zero-order valence-electron chi connectivity index (χ0n) is 20.3. The molecule has 1 unspecified atom stereocenters. The fourth-order valence-corrected chi connectivity index (χ4v) is 6.71. The molecule has 33 heavy (non-hydrogen) atoms. The van der Waals surface area contributed by atoms with Crippen LogP contribution >= 0.6 is 11.3 Å². The Balaban J connectivity index is 1.32. The highest BCUT2D eigenvalue weighted by atomic mass is 32.1. The number of anilines is 1. The molecule has 0 saturated carbocycles. The number of nitrogens with one attached hydrogen (secondary N) is 1. The van der Waals surface area contributed by atoms with Gasteiger partial charge in [-0.3, -0.25) is 9.69 Å². The van der Waals surface area contributed by atoms with Crippen molar-refractivity contribution in [2.75, 3.05) is 25.0 Å². The van der Waals surface area contributed by atoms with Crippen molar-refractivity contribution < 1.29 is 4.79 Å². The van der Waals surface area contributed by atoms with Crippen molar-refractivity contribution in [1.82, 2.24) is 4.90 Å². The molecular formula is C28H37N3OS. The Morgan fingerprint density at radius 3 is 2.61 bits per heavy atom. The summed E-state index contributed by atoms with van der Waals surface area (Å²) in [5.41, 5.74) is 3.61. The lowest BCUT2D eigenvalue weighted by molar-refractivity contribution is -0.117. The fraction of sp³-hybridized carbons (Fsp3) is 0.571. The summed E-state index contributed by atoms with van der Waals surface area (Å²) >= 11 is 1.64. The molecule has 0 spiro atoms. The third-order valence-electron chi connectivity index (χ3n) is 8.09. The molecule has 1 amide bonds. The van der Waals surface area contributed by atoms with Gasteiger partial charge in [0.25, 0.3) is 0 Å². The smallest absolute Gasteiger partial charge is 0.239 e. The first-order valence-corrected chi connectivity index (χ1v) is 13.3. The van der Waals surface area contributed by atoms with Gasteiger partial charge in [-0.15, -0.1) is 11.3 Å². The topological polar surface area (TPSA) is 56.1 Å². The van der Waals surface area contributed by atoms with Crippen molar-refractivity contribution in [3.05, 3.63) is 51.9 Å². The van der Waals surface area contributed by atoms with E-state index in [9.17, 15) is 10.1 Å². The second-order valence-corrected chi connectivity index (χ2v) is 11.7. The van der Waals surface area contributed by atoms with Gasteiger partial charge in [-0.1, -0.05) is 57.5 Å². The van der Waals surface area contributed by atoms with E-state index in [0.29, 0.717) is 29.4 Å². The van der Waals surface area contributed by atoms with Crippen LogP contribution in [0, 0.1) is 28.6 Å². The summed E-state index contributed by atoms with van der Waals surface area (Å²) < 4.78 is 0. The summed E-state index contributed by atoms with van der Waals surface area (Å²) in [5, 5.41) is 13.7. The number of carbonyl (C=O) groups is 1. The van der Waals surface area contributed by atoms with E-state index in [2.05, 4.69) is 67.4 Å². The highest BCUT2D eigenvalue weighted by Crippen LogP contribution is 2.45. The number of nitriles is 1. The monoisotopic (exact) mass is 463 g/mol. The first-order valence-electron chi connectivity index (χ1n) is 12.5. The Morgan fingerprint density at radius 1 is 1.21 bits per heavy atom. The number of nitrogens with zero attached hydrogens (tertiary/aromatic N) is 2. The summed E-state index contributed by atoms with van der Waals surface area (Å²) in [7, 11) is 0. The van der Waals surface area contributed by atoms with Gasteiger partial charge in [0.2, 0.25) is 5.91 Å². The molecule has 2 aliphatic rings. The number of fused-ring (bicyclic) bond motifs is 1. The molecule has 5 heteroatoms. The molecule has 1 aromatic heterocycles. The van der Waals surface area contributed by atoms with Gasteiger partial charge < -0.3 is 5.32 Å². The molecule has 0 bridgehead atoms. The van der Waals surface area contributed by atoms with Crippen LogP contribution in [0.2, 0.25) is 0 Å². The summed E-state index contributed by atoms with van der Waals surface area (Å²) in [6.07, 6.45) is 7.66. The number of thiophene rings is 1. The zero-order valence-corrected chi connectivity index (χ0v) is 21.1. The predicted octanol–water partition coefficient (Wildman–Crippen LogP) is 6.05. The number of carbonyl (C=O) groups excluding carboxylic acids is 1. The quantitative estimate of drug-likeness (QED) is 0.543. The molecule has 1 saturated heterocycles. The lowest BCUT2D eigenvalue weighted by atomic mass is 9.69. The van der Waals surface area contributed by atoms with Crippen LogP contribution in [0.1, 0.15) is 68.0 Å². The summed E-state index contributed by atoms with van der Waals surface area (Å²) in [5.74, 6) is 1.35. The first kappa shape index (κ1) is 24.0. The van der Waals surface area contributed by atoms with E-state index >= 15 is 0 Å². The van der Waals surface area contributed by atoms with E-state index in [-0.39, 0.29) is 5.91 Å². The minimum atomic E-state index is 0.0112. The van der Waals surface area contributed by atoms with Crippen LogP contribution in [-0.4, -0.2) is 30.4 Å². The number of amides is 1. The molecule has 0 radical (unpaired) electrons. The molecule has 176 valence electrons. The SMILES string of the molecule is CCC(C)(C)C1CCc2c(sc(NC(=O)CN3CCC(Cc4ccccc4)CC3)c2C#N)C1. The van der Waals surface area contributed by atoms with Gasteiger partial charge in [-0.2, -0.15) is 5.26 Å². The molecule has 1 aromatic carbocycles. The lowest BCUT2D eigenvalue weighted by Crippen LogP contribution is -2.39. The van der Waals surface area contributed by atoms with Gasteiger partial charge >= 0.3 is 0 Å². The maximum Gasteiger partial charge on any atom is 0.239 e. The molecular weight excluding hydrogens is 426 g/mol. The van der Waals surface area contributed by atoms with Gasteiger partial charge in [-0.05, 0) is 80.0 Å². The predicted molar refractivity (Wildman–Crippen MR) is 137 cm³/mol. The Hall–Kier alpha value is -2.16. The van der Waals surface area contributed by atoms with Gasteiger partial charge in [0.05, 0.1) is 12.1 Å². The van der Waals surface area contributed by atoms with Crippen molar-refractivity contribution in [3.63, 3.8) is 0 Å². The van der Waals surface area contributed by atoms with E-state index in [1.54, 1.807) is 11.3 Å². The number of likely N-dealkylation sites (tertiary alicyclic amines) is 1.